The highest BCUT2D eigenvalue weighted by molar-refractivity contribution is 9.10. The van der Waals surface area contributed by atoms with E-state index in [4.69, 9.17) is 0 Å². The van der Waals surface area contributed by atoms with E-state index < -0.39 is 52.1 Å². The summed E-state index contributed by atoms with van der Waals surface area (Å²) in [5.74, 6) is -12.3. The molecular weight excluding hydrogens is 366 g/mol. The van der Waals surface area contributed by atoms with Crippen LogP contribution in [0, 0.1) is 34.9 Å². The minimum atomic E-state index is -2.35. The van der Waals surface area contributed by atoms with Gasteiger partial charge in [-0.2, -0.15) is 0 Å². The minimum absolute atomic E-state index is 0.136. The fraction of sp³-hybridized carbons (Fsp3) is 0.0769. The zero-order valence-electron chi connectivity index (χ0n) is 9.90. The largest absolute Gasteiger partial charge is 0.383 e. The van der Waals surface area contributed by atoms with Gasteiger partial charge in [-0.3, -0.25) is 0 Å². The third kappa shape index (κ3) is 2.53. The quantitative estimate of drug-likeness (QED) is 0.473. The molecule has 0 radical (unpaired) electrons. The van der Waals surface area contributed by atoms with Gasteiger partial charge in [0, 0.05) is 5.56 Å². The van der Waals surface area contributed by atoms with Crippen LogP contribution in [0.3, 0.4) is 0 Å². The Morgan fingerprint density at radius 3 is 1.76 bits per heavy atom. The Bertz CT molecular complexity index is 689. The van der Waals surface area contributed by atoms with E-state index in [2.05, 4.69) is 15.9 Å². The highest BCUT2D eigenvalue weighted by Crippen LogP contribution is 2.33. The van der Waals surface area contributed by atoms with Gasteiger partial charge in [0.15, 0.2) is 23.3 Å². The number of benzene rings is 2. The first kappa shape index (κ1) is 15.8. The van der Waals surface area contributed by atoms with Gasteiger partial charge in [0.25, 0.3) is 0 Å². The van der Waals surface area contributed by atoms with E-state index in [1.54, 1.807) is 0 Å². The standard InChI is InChI=1S/C13H5BrF6O/c14-5-3-1-2-4(7(5)15)13(21)6-8(16)10(18)12(20)11(19)9(6)17/h1-3,13,21H. The molecule has 1 atom stereocenters. The van der Waals surface area contributed by atoms with Crippen molar-refractivity contribution >= 4 is 15.9 Å². The number of rotatable bonds is 2. The number of hydrogen-bond donors (Lipinski definition) is 1. The molecule has 0 heterocycles. The summed E-state index contributed by atoms with van der Waals surface area (Å²) >= 11 is 2.78. The van der Waals surface area contributed by atoms with Gasteiger partial charge in [-0.05, 0) is 22.0 Å². The van der Waals surface area contributed by atoms with Crippen molar-refractivity contribution in [2.75, 3.05) is 0 Å². The molecule has 0 fully saturated rings. The van der Waals surface area contributed by atoms with Gasteiger partial charge in [-0.15, -0.1) is 0 Å². The molecule has 0 bridgehead atoms. The van der Waals surface area contributed by atoms with Crippen molar-refractivity contribution in [2.24, 2.45) is 0 Å². The Labute approximate surface area is 123 Å². The van der Waals surface area contributed by atoms with E-state index in [-0.39, 0.29) is 4.47 Å². The summed E-state index contributed by atoms with van der Waals surface area (Å²) < 4.78 is 79.8. The van der Waals surface area contributed by atoms with Crippen molar-refractivity contribution in [1.82, 2.24) is 0 Å². The summed E-state index contributed by atoms with van der Waals surface area (Å²) in [6.07, 6.45) is -2.35. The summed E-state index contributed by atoms with van der Waals surface area (Å²) in [6, 6.07) is 3.44. The second kappa shape index (κ2) is 5.69. The van der Waals surface area contributed by atoms with Crippen LogP contribution in [0.4, 0.5) is 26.3 Å². The van der Waals surface area contributed by atoms with Crippen LogP contribution < -0.4 is 0 Å². The number of aliphatic hydroxyl groups is 1. The van der Waals surface area contributed by atoms with Gasteiger partial charge < -0.3 is 5.11 Å². The molecule has 0 saturated carbocycles. The lowest BCUT2D eigenvalue weighted by atomic mass is 9.99. The smallest absolute Gasteiger partial charge is 0.200 e. The van der Waals surface area contributed by atoms with Gasteiger partial charge in [0.1, 0.15) is 11.9 Å². The maximum Gasteiger partial charge on any atom is 0.200 e. The third-order valence-corrected chi connectivity index (χ3v) is 3.41. The fourth-order valence-corrected chi connectivity index (χ4v) is 2.13. The lowest BCUT2D eigenvalue weighted by Gasteiger charge is -2.16. The van der Waals surface area contributed by atoms with E-state index >= 15 is 0 Å². The minimum Gasteiger partial charge on any atom is -0.383 e. The summed E-state index contributed by atoms with van der Waals surface area (Å²) in [5, 5.41) is 9.80. The Morgan fingerprint density at radius 1 is 0.762 bits per heavy atom. The molecule has 2 aromatic rings. The highest BCUT2D eigenvalue weighted by atomic mass is 79.9. The summed E-state index contributed by atoms with van der Waals surface area (Å²) in [5.41, 5.74) is -2.14. The van der Waals surface area contributed by atoms with Gasteiger partial charge in [0.05, 0.1) is 10.0 Å². The molecular formula is C13H5BrF6O. The second-order valence-electron chi connectivity index (χ2n) is 4.03. The van der Waals surface area contributed by atoms with Crippen LogP contribution in [0.5, 0.6) is 0 Å². The first-order valence-electron chi connectivity index (χ1n) is 5.40. The summed E-state index contributed by atoms with van der Waals surface area (Å²) in [7, 11) is 0. The normalized spacial score (nSPS) is 12.6. The third-order valence-electron chi connectivity index (χ3n) is 2.79. The van der Waals surface area contributed by atoms with Gasteiger partial charge in [0.2, 0.25) is 5.82 Å². The van der Waals surface area contributed by atoms with E-state index in [0.29, 0.717) is 0 Å². The molecule has 0 saturated heterocycles. The monoisotopic (exact) mass is 370 g/mol. The van der Waals surface area contributed by atoms with Gasteiger partial charge in [-0.1, -0.05) is 12.1 Å². The Morgan fingerprint density at radius 2 is 1.24 bits per heavy atom. The van der Waals surface area contributed by atoms with Crippen molar-refractivity contribution in [3.05, 3.63) is 68.7 Å². The molecule has 2 rings (SSSR count). The van der Waals surface area contributed by atoms with E-state index in [1.165, 1.54) is 12.1 Å². The average molecular weight is 371 g/mol. The van der Waals surface area contributed by atoms with Crippen LogP contribution in [0.2, 0.25) is 0 Å². The van der Waals surface area contributed by atoms with Crippen molar-refractivity contribution in [2.45, 2.75) is 6.10 Å². The molecule has 0 aliphatic carbocycles. The Balaban J connectivity index is 2.70. The molecule has 112 valence electrons. The predicted octanol–water partition coefficient (Wildman–Crippen LogP) is 4.37. The molecule has 1 unspecified atom stereocenters. The van der Waals surface area contributed by atoms with Crippen LogP contribution in [0.1, 0.15) is 17.2 Å². The molecule has 1 nitrogen and oxygen atoms in total. The van der Waals surface area contributed by atoms with E-state index in [0.717, 1.165) is 6.07 Å². The van der Waals surface area contributed by atoms with Gasteiger partial charge >= 0.3 is 0 Å². The zero-order valence-corrected chi connectivity index (χ0v) is 11.5. The molecule has 0 amide bonds. The number of hydrogen-bond acceptors (Lipinski definition) is 1. The first-order chi connectivity index (χ1) is 9.77. The Hall–Kier alpha value is -1.54. The number of aliphatic hydroxyl groups excluding tert-OH is 1. The summed E-state index contributed by atoms with van der Waals surface area (Å²) in [4.78, 5) is 0. The van der Waals surface area contributed by atoms with Crippen LogP contribution >= 0.6 is 15.9 Å². The van der Waals surface area contributed by atoms with Crippen LogP contribution in [0.25, 0.3) is 0 Å². The van der Waals surface area contributed by atoms with Crippen molar-refractivity contribution in [1.29, 1.82) is 0 Å². The van der Waals surface area contributed by atoms with Crippen LogP contribution in [-0.4, -0.2) is 5.11 Å². The lowest BCUT2D eigenvalue weighted by Crippen LogP contribution is -2.13. The molecule has 0 aliphatic heterocycles. The SMILES string of the molecule is OC(c1cccc(Br)c1F)c1c(F)c(F)c(F)c(F)c1F. The molecule has 2 aromatic carbocycles. The molecule has 21 heavy (non-hydrogen) atoms. The van der Waals surface area contributed by atoms with Crippen molar-refractivity contribution in [3.8, 4) is 0 Å². The maximum atomic E-state index is 13.8. The topological polar surface area (TPSA) is 20.2 Å². The zero-order chi connectivity index (χ0) is 15.9. The van der Waals surface area contributed by atoms with Gasteiger partial charge in [-0.25, -0.2) is 26.3 Å². The maximum absolute atomic E-state index is 13.8. The van der Waals surface area contributed by atoms with E-state index in [9.17, 15) is 31.4 Å². The van der Waals surface area contributed by atoms with Crippen LogP contribution in [-0.2, 0) is 0 Å². The van der Waals surface area contributed by atoms with Crippen molar-refractivity contribution < 1.29 is 31.4 Å². The predicted molar refractivity (Wildman–Crippen MR) is 64.4 cm³/mol. The summed E-state index contributed by atoms with van der Waals surface area (Å²) in [6.45, 7) is 0. The molecule has 1 N–H and O–H groups in total. The number of halogens is 7. The molecule has 0 aromatic heterocycles. The highest BCUT2D eigenvalue weighted by Gasteiger charge is 2.31. The average Bonchev–Trinajstić information content (AvgIpc) is 2.46. The lowest BCUT2D eigenvalue weighted by molar-refractivity contribution is 0.198. The Kier molecular flexibility index (Phi) is 4.29. The van der Waals surface area contributed by atoms with E-state index in [1.807, 2.05) is 0 Å². The van der Waals surface area contributed by atoms with Crippen LogP contribution in [0.15, 0.2) is 22.7 Å². The second-order valence-corrected chi connectivity index (χ2v) is 4.88. The van der Waals surface area contributed by atoms with Crippen molar-refractivity contribution in [3.63, 3.8) is 0 Å². The molecule has 0 aliphatic rings. The molecule has 0 spiro atoms. The molecule has 8 heteroatoms. The fourth-order valence-electron chi connectivity index (χ4n) is 1.75. The first-order valence-corrected chi connectivity index (χ1v) is 6.20.